The maximum Gasteiger partial charge on any atom is 0.261 e. The second-order valence-corrected chi connectivity index (χ2v) is 7.18. The second kappa shape index (κ2) is 8.63. The zero-order valence-corrected chi connectivity index (χ0v) is 17.0. The molecule has 0 aromatic heterocycles. The number of aliphatic hydroxyl groups excluding tert-OH is 2. The van der Waals surface area contributed by atoms with Crippen molar-refractivity contribution in [3.05, 3.63) is 65.7 Å². The number of hydrogen-bond acceptors (Lipinski definition) is 7. The summed E-state index contributed by atoms with van der Waals surface area (Å²) in [6.45, 7) is 0.837. The number of carbonyl (C=O) groups excluding carboxylic acids is 2. The van der Waals surface area contributed by atoms with Crippen molar-refractivity contribution in [3.63, 3.8) is 0 Å². The lowest BCUT2D eigenvalue weighted by molar-refractivity contribution is 0.0650. The molecule has 0 saturated heterocycles. The van der Waals surface area contributed by atoms with E-state index in [2.05, 4.69) is 10.2 Å². The maximum atomic E-state index is 12.5. The number of carbonyl (C=O) groups is 2. The highest BCUT2D eigenvalue weighted by Gasteiger charge is 2.30. The Morgan fingerprint density at radius 2 is 1.48 bits per heavy atom. The molecule has 0 aliphatic carbocycles. The number of imide groups is 1. The minimum absolute atomic E-state index is 0.00663. The fourth-order valence-corrected chi connectivity index (χ4v) is 3.74. The Hall–Kier alpha value is -3.62. The minimum Gasteiger partial charge on any atom is -0.395 e. The summed E-state index contributed by atoms with van der Waals surface area (Å²) in [5, 5.41) is 28.3. The monoisotopic (exact) mass is 418 g/mol. The highest BCUT2D eigenvalue weighted by atomic mass is 16.3. The van der Waals surface area contributed by atoms with E-state index in [9.17, 15) is 19.8 Å². The van der Waals surface area contributed by atoms with Crippen LogP contribution in [0.5, 0.6) is 0 Å². The lowest BCUT2D eigenvalue weighted by atomic mass is 9.93. The van der Waals surface area contributed by atoms with Crippen LogP contribution in [0.25, 0.3) is 10.8 Å². The Morgan fingerprint density at radius 1 is 0.839 bits per heavy atom. The summed E-state index contributed by atoms with van der Waals surface area (Å²) >= 11 is 0. The van der Waals surface area contributed by atoms with E-state index in [0.717, 1.165) is 10.6 Å². The number of amides is 2. The van der Waals surface area contributed by atoms with E-state index >= 15 is 0 Å². The number of azo groups is 1. The molecule has 3 aromatic rings. The fourth-order valence-electron chi connectivity index (χ4n) is 3.74. The first-order chi connectivity index (χ1) is 15.0. The van der Waals surface area contributed by atoms with Gasteiger partial charge in [0, 0.05) is 47.7 Å². The maximum absolute atomic E-state index is 12.5. The van der Waals surface area contributed by atoms with Gasteiger partial charge in [-0.3, -0.25) is 14.5 Å². The summed E-state index contributed by atoms with van der Waals surface area (Å²) in [6.07, 6.45) is 0. The molecule has 1 heterocycles. The van der Waals surface area contributed by atoms with E-state index in [1.54, 1.807) is 36.4 Å². The number of anilines is 1. The molecule has 0 atom stereocenters. The zero-order valence-electron chi connectivity index (χ0n) is 17.0. The van der Waals surface area contributed by atoms with Crippen molar-refractivity contribution in [2.24, 2.45) is 10.2 Å². The number of hydrogen-bond donors (Lipinski definition) is 2. The van der Waals surface area contributed by atoms with Crippen molar-refractivity contribution in [2.45, 2.75) is 0 Å². The molecule has 4 rings (SSSR count). The number of nitrogens with zero attached hydrogens (tertiary/aromatic N) is 4. The first-order valence-electron chi connectivity index (χ1n) is 9.91. The Balaban J connectivity index is 1.66. The molecule has 0 unspecified atom stereocenters. The molecule has 2 amide bonds. The first kappa shape index (κ1) is 20.6. The van der Waals surface area contributed by atoms with Crippen LogP contribution in [0, 0.1) is 0 Å². The van der Waals surface area contributed by atoms with Gasteiger partial charge in [-0.05, 0) is 42.5 Å². The van der Waals surface area contributed by atoms with Crippen molar-refractivity contribution in [1.29, 1.82) is 0 Å². The predicted molar refractivity (Wildman–Crippen MR) is 117 cm³/mol. The van der Waals surface area contributed by atoms with Crippen LogP contribution in [0.2, 0.25) is 0 Å². The average Bonchev–Trinajstić information content (AvgIpc) is 2.80. The van der Waals surface area contributed by atoms with Crippen molar-refractivity contribution >= 4 is 39.6 Å². The normalized spacial score (nSPS) is 13.5. The molecule has 8 nitrogen and oxygen atoms in total. The summed E-state index contributed by atoms with van der Waals surface area (Å²) in [6, 6.07) is 16.0. The van der Waals surface area contributed by atoms with Crippen LogP contribution in [0.15, 0.2) is 64.8 Å². The van der Waals surface area contributed by atoms with E-state index < -0.39 is 0 Å². The van der Waals surface area contributed by atoms with Gasteiger partial charge in [-0.1, -0.05) is 12.1 Å². The highest BCUT2D eigenvalue weighted by Crippen LogP contribution is 2.36. The van der Waals surface area contributed by atoms with Gasteiger partial charge in [-0.15, -0.1) is 5.11 Å². The zero-order chi connectivity index (χ0) is 22.0. The van der Waals surface area contributed by atoms with E-state index in [0.29, 0.717) is 46.4 Å². The van der Waals surface area contributed by atoms with Gasteiger partial charge in [-0.2, -0.15) is 5.11 Å². The second-order valence-electron chi connectivity index (χ2n) is 7.18. The standard InChI is InChI=1S/C23H22N4O4/c1-26-22(30)18-4-2-3-17-20(10-9-19(21(17)18)23(26)31)25-24-15-5-7-16(8-6-15)27(11-13-28)12-14-29/h2-10,28-29H,11-14H2,1H3. The van der Waals surface area contributed by atoms with Gasteiger partial charge in [0.2, 0.25) is 0 Å². The van der Waals surface area contributed by atoms with E-state index in [1.807, 2.05) is 23.1 Å². The van der Waals surface area contributed by atoms with Crippen molar-refractivity contribution in [1.82, 2.24) is 4.90 Å². The third kappa shape index (κ3) is 3.78. The summed E-state index contributed by atoms with van der Waals surface area (Å²) in [7, 11) is 1.48. The molecule has 2 N–H and O–H groups in total. The van der Waals surface area contributed by atoms with E-state index in [-0.39, 0.29) is 25.0 Å². The lowest BCUT2D eigenvalue weighted by Crippen LogP contribution is -2.36. The van der Waals surface area contributed by atoms with Crippen LogP contribution in [0.3, 0.4) is 0 Å². The minimum atomic E-state index is -0.330. The quantitative estimate of drug-likeness (QED) is 0.452. The molecule has 0 spiro atoms. The molecule has 0 radical (unpaired) electrons. The summed E-state index contributed by atoms with van der Waals surface area (Å²) in [4.78, 5) is 28.0. The van der Waals surface area contributed by atoms with Crippen LogP contribution in [-0.2, 0) is 0 Å². The van der Waals surface area contributed by atoms with Crippen molar-refractivity contribution in [2.75, 3.05) is 38.3 Å². The number of aliphatic hydroxyl groups is 2. The molecule has 1 aliphatic rings. The predicted octanol–water partition coefficient (Wildman–Crippen LogP) is 3.27. The van der Waals surface area contributed by atoms with E-state index in [1.165, 1.54) is 7.05 Å². The number of rotatable bonds is 7. The molecule has 0 bridgehead atoms. The molecule has 0 saturated carbocycles. The smallest absolute Gasteiger partial charge is 0.261 e. The van der Waals surface area contributed by atoms with Crippen LogP contribution >= 0.6 is 0 Å². The molecule has 3 aromatic carbocycles. The molecule has 31 heavy (non-hydrogen) atoms. The van der Waals surface area contributed by atoms with Crippen LogP contribution < -0.4 is 4.90 Å². The van der Waals surface area contributed by atoms with Crippen LogP contribution in [-0.4, -0.2) is 60.3 Å². The van der Waals surface area contributed by atoms with Gasteiger partial charge in [0.1, 0.15) is 0 Å². The van der Waals surface area contributed by atoms with Crippen molar-refractivity contribution in [3.8, 4) is 0 Å². The average molecular weight is 418 g/mol. The van der Waals surface area contributed by atoms with Gasteiger partial charge >= 0.3 is 0 Å². The Bertz CT molecular complexity index is 1150. The molecule has 8 heteroatoms. The largest absolute Gasteiger partial charge is 0.395 e. The molecular weight excluding hydrogens is 396 g/mol. The summed E-state index contributed by atoms with van der Waals surface area (Å²) in [5.74, 6) is -0.661. The van der Waals surface area contributed by atoms with Gasteiger partial charge in [0.15, 0.2) is 0 Å². The van der Waals surface area contributed by atoms with Gasteiger partial charge in [0.25, 0.3) is 11.8 Å². The third-order valence-corrected chi connectivity index (χ3v) is 5.32. The van der Waals surface area contributed by atoms with Gasteiger partial charge < -0.3 is 15.1 Å². The lowest BCUT2D eigenvalue weighted by Gasteiger charge is -2.23. The highest BCUT2D eigenvalue weighted by molar-refractivity contribution is 6.26. The first-order valence-corrected chi connectivity index (χ1v) is 9.91. The third-order valence-electron chi connectivity index (χ3n) is 5.32. The van der Waals surface area contributed by atoms with Crippen molar-refractivity contribution < 1.29 is 19.8 Å². The van der Waals surface area contributed by atoms with E-state index in [4.69, 9.17) is 0 Å². The molecular formula is C23H22N4O4. The Labute approximate surface area is 179 Å². The van der Waals surface area contributed by atoms with Gasteiger partial charge in [-0.25, -0.2) is 0 Å². The number of benzene rings is 3. The molecule has 0 fully saturated rings. The molecule has 1 aliphatic heterocycles. The van der Waals surface area contributed by atoms with Crippen LogP contribution in [0.4, 0.5) is 17.1 Å². The Kier molecular flexibility index (Phi) is 5.75. The topological polar surface area (TPSA) is 106 Å². The summed E-state index contributed by atoms with van der Waals surface area (Å²) in [5.41, 5.74) is 3.01. The van der Waals surface area contributed by atoms with Gasteiger partial charge in [0.05, 0.1) is 24.6 Å². The van der Waals surface area contributed by atoms with Crippen LogP contribution in [0.1, 0.15) is 20.7 Å². The summed E-state index contributed by atoms with van der Waals surface area (Å²) < 4.78 is 0. The fraction of sp³-hybridized carbons (Fsp3) is 0.217. The SMILES string of the molecule is CN1C(=O)c2cccc3c(N=Nc4ccc(N(CCO)CCO)cc4)ccc(c23)C1=O. The Morgan fingerprint density at radius 3 is 2.13 bits per heavy atom. The molecule has 158 valence electrons.